The zero-order valence-corrected chi connectivity index (χ0v) is 9.52. The Balaban J connectivity index is 2.27. The minimum absolute atomic E-state index is 0.405. The Kier molecular flexibility index (Phi) is 3.55. The molecule has 0 bridgehead atoms. The molecule has 2 rings (SSSR count). The number of aliphatic hydroxyl groups is 2. The van der Waals surface area contributed by atoms with E-state index in [2.05, 4.69) is 4.98 Å². The minimum atomic E-state index is -1.34. The summed E-state index contributed by atoms with van der Waals surface area (Å²) in [6.45, 7) is 0. The molecule has 1 aromatic heterocycles. The molecule has 5 heteroatoms. The molecule has 1 aromatic carbocycles. The van der Waals surface area contributed by atoms with Gasteiger partial charge in [0.25, 0.3) is 0 Å². The van der Waals surface area contributed by atoms with Crippen LogP contribution in [0.1, 0.15) is 18.1 Å². The summed E-state index contributed by atoms with van der Waals surface area (Å²) in [5, 5.41) is 28.8. The number of fused-ring (bicyclic) bond motifs is 1. The first kappa shape index (κ1) is 12.5. The highest BCUT2D eigenvalue weighted by atomic mass is 16.4. The van der Waals surface area contributed by atoms with E-state index in [4.69, 9.17) is 5.11 Å². The SMILES string of the molecule is O=C(O)CC(O)C(O)c1cnc2ccccc2c1. The van der Waals surface area contributed by atoms with Crippen molar-refractivity contribution in [1.29, 1.82) is 0 Å². The first-order valence-corrected chi connectivity index (χ1v) is 5.50. The molecule has 2 aromatic rings. The van der Waals surface area contributed by atoms with Crippen molar-refractivity contribution in [2.45, 2.75) is 18.6 Å². The first-order chi connectivity index (χ1) is 8.58. The molecule has 3 N–H and O–H groups in total. The molecule has 0 fully saturated rings. The number of carboxylic acid groups (broad SMARTS) is 1. The Morgan fingerprint density at radius 1 is 1.28 bits per heavy atom. The van der Waals surface area contributed by atoms with Crippen molar-refractivity contribution in [3.05, 3.63) is 42.1 Å². The molecular weight excluding hydrogens is 234 g/mol. The number of aliphatic carboxylic acids is 1. The lowest BCUT2D eigenvalue weighted by atomic mass is 10.0. The Morgan fingerprint density at radius 3 is 2.72 bits per heavy atom. The van der Waals surface area contributed by atoms with Gasteiger partial charge in [-0.3, -0.25) is 9.78 Å². The van der Waals surface area contributed by atoms with Gasteiger partial charge < -0.3 is 15.3 Å². The van der Waals surface area contributed by atoms with Crippen LogP contribution in [0, 0.1) is 0 Å². The molecule has 0 amide bonds. The summed E-state index contributed by atoms with van der Waals surface area (Å²) < 4.78 is 0. The summed E-state index contributed by atoms with van der Waals surface area (Å²) in [6.07, 6.45) is -1.66. The standard InChI is InChI=1S/C13H13NO4/c15-11(6-12(16)17)13(18)9-5-8-3-1-2-4-10(8)14-7-9/h1-5,7,11,13,15,18H,6H2,(H,16,17). The van der Waals surface area contributed by atoms with Crippen LogP contribution >= 0.6 is 0 Å². The quantitative estimate of drug-likeness (QED) is 0.752. The highest BCUT2D eigenvalue weighted by Crippen LogP contribution is 2.21. The third-order valence-corrected chi connectivity index (χ3v) is 2.70. The Morgan fingerprint density at radius 2 is 2.00 bits per heavy atom. The van der Waals surface area contributed by atoms with Gasteiger partial charge in [0, 0.05) is 17.1 Å². The monoisotopic (exact) mass is 247 g/mol. The van der Waals surface area contributed by atoms with E-state index < -0.39 is 24.6 Å². The van der Waals surface area contributed by atoms with Crippen molar-refractivity contribution in [2.75, 3.05) is 0 Å². The van der Waals surface area contributed by atoms with E-state index in [1.165, 1.54) is 6.20 Å². The molecule has 2 atom stereocenters. The molecule has 0 saturated carbocycles. The summed E-state index contributed by atoms with van der Waals surface area (Å²) in [5.74, 6) is -1.16. The molecule has 94 valence electrons. The molecule has 0 saturated heterocycles. The molecule has 0 spiro atoms. The summed E-state index contributed by atoms with van der Waals surface area (Å²) >= 11 is 0. The average Bonchev–Trinajstić information content (AvgIpc) is 2.36. The smallest absolute Gasteiger partial charge is 0.306 e. The van der Waals surface area contributed by atoms with Gasteiger partial charge in [0.1, 0.15) is 6.10 Å². The van der Waals surface area contributed by atoms with Gasteiger partial charge in [-0.2, -0.15) is 0 Å². The first-order valence-electron chi connectivity index (χ1n) is 5.50. The van der Waals surface area contributed by atoms with E-state index in [-0.39, 0.29) is 0 Å². The number of carbonyl (C=O) groups is 1. The lowest BCUT2D eigenvalue weighted by Gasteiger charge is -2.16. The normalized spacial score (nSPS) is 14.3. The van der Waals surface area contributed by atoms with Gasteiger partial charge in [-0.05, 0) is 12.1 Å². The van der Waals surface area contributed by atoms with Crippen LogP contribution in [0.2, 0.25) is 0 Å². The lowest BCUT2D eigenvalue weighted by Crippen LogP contribution is -2.21. The third-order valence-electron chi connectivity index (χ3n) is 2.70. The van der Waals surface area contributed by atoms with E-state index in [1.807, 2.05) is 24.3 Å². The predicted molar refractivity (Wildman–Crippen MR) is 65.0 cm³/mol. The predicted octanol–water partition coefficient (Wildman–Crippen LogP) is 1.10. The Hall–Kier alpha value is -1.98. The second-order valence-electron chi connectivity index (χ2n) is 4.07. The van der Waals surface area contributed by atoms with Gasteiger partial charge in [-0.15, -0.1) is 0 Å². The highest BCUT2D eigenvalue weighted by Gasteiger charge is 2.21. The largest absolute Gasteiger partial charge is 0.481 e. The molecule has 1 heterocycles. The van der Waals surface area contributed by atoms with Crippen LogP contribution in [0.3, 0.4) is 0 Å². The number of carboxylic acids is 1. The van der Waals surface area contributed by atoms with Crippen LogP contribution in [0.25, 0.3) is 10.9 Å². The molecule has 2 unspecified atom stereocenters. The van der Waals surface area contributed by atoms with Crippen LogP contribution in [0.5, 0.6) is 0 Å². The van der Waals surface area contributed by atoms with Crippen LogP contribution in [0.15, 0.2) is 36.5 Å². The van der Waals surface area contributed by atoms with E-state index in [0.717, 1.165) is 10.9 Å². The van der Waals surface area contributed by atoms with E-state index >= 15 is 0 Å². The van der Waals surface area contributed by atoms with Gasteiger partial charge in [0.15, 0.2) is 0 Å². The summed E-state index contributed by atoms with van der Waals surface area (Å²) in [5.41, 5.74) is 1.18. The summed E-state index contributed by atoms with van der Waals surface area (Å²) in [7, 11) is 0. The topological polar surface area (TPSA) is 90.7 Å². The van der Waals surface area contributed by atoms with Crippen LogP contribution in [0.4, 0.5) is 0 Å². The number of hydrogen-bond acceptors (Lipinski definition) is 4. The zero-order valence-electron chi connectivity index (χ0n) is 9.52. The number of pyridine rings is 1. The fourth-order valence-corrected chi connectivity index (χ4v) is 1.76. The molecule has 0 aliphatic carbocycles. The number of para-hydroxylation sites is 1. The van der Waals surface area contributed by atoms with Gasteiger partial charge in [-0.1, -0.05) is 18.2 Å². The van der Waals surface area contributed by atoms with Gasteiger partial charge in [0.2, 0.25) is 0 Å². The molecular formula is C13H13NO4. The van der Waals surface area contributed by atoms with E-state index in [0.29, 0.717) is 5.56 Å². The molecule has 0 radical (unpaired) electrons. The van der Waals surface area contributed by atoms with Crippen molar-refractivity contribution in [3.63, 3.8) is 0 Å². The molecule has 18 heavy (non-hydrogen) atoms. The fraction of sp³-hybridized carbons (Fsp3) is 0.231. The summed E-state index contributed by atoms with van der Waals surface area (Å²) in [4.78, 5) is 14.6. The Labute approximate surface area is 103 Å². The number of aliphatic hydroxyl groups excluding tert-OH is 2. The maximum Gasteiger partial charge on any atom is 0.306 e. The maximum atomic E-state index is 10.5. The number of nitrogens with zero attached hydrogens (tertiary/aromatic N) is 1. The average molecular weight is 247 g/mol. The number of rotatable bonds is 4. The van der Waals surface area contributed by atoms with Crippen molar-refractivity contribution in [3.8, 4) is 0 Å². The lowest BCUT2D eigenvalue weighted by molar-refractivity contribution is -0.141. The fourth-order valence-electron chi connectivity index (χ4n) is 1.76. The zero-order chi connectivity index (χ0) is 13.1. The second kappa shape index (κ2) is 5.12. The number of aromatic nitrogens is 1. The number of benzene rings is 1. The highest BCUT2D eigenvalue weighted by molar-refractivity contribution is 5.78. The molecule has 0 aliphatic heterocycles. The van der Waals surface area contributed by atoms with Crippen LogP contribution in [-0.4, -0.2) is 32.4 Å². The Bertz CT molecular complexity index is 570. The van der Waals surface area contributed by atoms with Crippen LogP contribution in [-0.2, 0) is 4.79 Å². The van der Waals surface area contributed by atoms with Crippen molar-refractivity contribution in [1.82, 2.24) is 4.98 Å². The molecule has 5 nitrogen and oxygen atoms in total. The van der Waals surface area contributed by atoms with Crippen LogP contribution < -0.4 is 0 Å². The van der Waals surface area contributed by atoms with Crippen molar-refractivity contribution in [2.24, 2.45) is 0 Å². The second-order valence-corrected chi connectivity index (χ2v) is 4.07. The number of hydrogen-bond donors (Lipinski definition) is 3. The maximum absolute atomic E-state index is 10.5. The molecule has 0 aliphatic rings. The van der Waals surface area contributed by atoms with Crippen molar-refractivity contribution < 1.29 is 20.1 Å². The van der Waals surface area contributed by atoms with E-state index in [1.54, 1.807) is 6.07 Å². The minimum Gasteiger partial charge on any atom is -0.481 e. The van der Waals surface area contributed by atoms with Gasteiger partial charge >= 0.3 is 5.97 Å². The third kappa shape index (κ3) is 2.64. The van der Waals surface area contributed by atoms with E-state index in [9.17, 15) is 15.0 Å². The van der Waals surface area contributed by atoms with Gasteiger partial charge in [-0.25, -0.2) is 0 Å². The van der Waals surface area contributed by atoms with Gasteiger partial charge in [0.05, 0.1) is 18.0 Å². The summed E-state index contributed by atoms with van der Waals surface area (Å²) in [6, 6.07) is 9.05. The van der Waals surface area contributed by atoms with Crippen molar-refractivity contribution >= 4 is 16.9 Å².